The fraction of sp³-hybridized carbons (Fsp3) is 0.417. The molecule has 0 saturated carbocycles. The van der Waals surface area contributed by atoms with Crippen LogP contribution in [0.1, 0.15) is 11.8 Å². The third-order valence-corrected chi connectivity index (χ3v) is 3.65. The Morgan fingerprint density at radius 2 is 2.21 bits per heavy atom. The Hall–Kier alpha value is -1.40. The summed E-state index contributed by atoms with van der Waals surface area (Å²) in [6.07, 6.45) is 0.966. The Balaban J connectivity index is 2.03. The fourth-order valence-electron chi connectivity index (χ4n) is 1.58. The molecule has 0 bridgehead atoms. The predicted octanol–water partition coefficient (Wildman–Crippen LogP) is 2.70. The second kappa shape index (κ2) is 6.68. The van der Waals surface area contributed by atoms with Crippen molar-refractivity contribution < 1.29 is 0 Å². The molecular weight excluding hydrogens is 282 g/mol. The zero-order chi connectivity index (χ0) is 13.7. The van der Waals surface area contributed by atoms with E-state index in [4.69, 9.17) is 11.6 Å². The molecule has 19 heavy (non-hydrogen) atoms. The van der Waals surface area contributed by atoms with Gasteiger partial charge in [0, 0.05) is 25.0 Å². The summed E-state index contributed by atoms with van der Waals surface area (Å²) in [6.45, 7) is 3.57. The zero-order valence-electron chi connectivity index (χ0n) is 10.9. The molecule has 2 rings (SSSR count). The monoisotopic (exact) mass is 297 g/mol. The standard InChI is InChI=1S/C12H16ClN5S/c1-3-14-11-15-10(13)16-12(17-11)18(2)7-6-9-5-4-8-19-9/h4-5,8H,3,6-7H2,1-2H3,(H,14,15,16,17). The van der Waals surface area contributed by atoms with Gasteiger partial charge in [-0.25, -0.2) is 0 Å². The molecule has 0 aliphatic heterocycles. The average molecular weight is 298 g/mol. The maximum Gasteiger partial charge on any atom is 0.231 e. The van der Waals surface area contributed by atoms with Gasteiger partial charge in [0.05, 0.1) is 0 Å². The normalized spacial score (nSPS) is 10.5. The molecule has 0 unspecified atom stereocenters. The lowest BCUT2D eigenvalue weighted by Crippen LogP contribution is -2.23. The SMILES string of the molecule is CCNc1nc(Cl)nc(N(C)CCc2cccs2)n1. The Morgan fingerprint density at radius 3 is 2.89 bits per heavy atom. The van der Waals surface area contributed by atoms with Crippen LogP contribution < -0.4 is 10.2 Å². The number of nitrogens with one attached hydrogen (secondary N) is 1. The number of hydrogen-bond acceptors (Lipinski definition) is 6. The quantitative estimate of drug-likeness (QED) is 0.888. The van der Waals surface area contributed by atoms with Crippen LogP contribution in [0.2, 0.25) is 5.28 Å². The van der Waals surface area contributed by atoms with Crippen LogP contribution in [0.25, 0.3) is 0 Å². The lowest BCUT2D eigenvalue weighted by molar-refractivity contribution is 0.835. The van der Waals surface area contributed by atoms with Crippen LogP contribution in [-0.4, -0.2) is 35.1 Å². The minimum Gasteiger partial charge on any atom is -0.354 e. The van der Waals surface area contributed by atoms with E-state index >= 15 is 0 Å². The van der Waals surface area contributed by atoms with Crippen LogP contribution in [-0.2, 0) is 6.42 Å². The van der Waals surface area contributed by atoms with Gasteiger partial charge in [-0.05, 0) is 36.4 Å². The van der Waals surface area contributed by atoms with Gasteiger partial charge in [0.1, 0.15) is 0 Å². The van der Waals surface area contributed by atoms with E-state index in [0.717, 1.165) is 19.5 Å². The van der Waals surface area contributed by atoms with E-state index < -0.39 is 0 Å². The van der Waals surface area contributed by atoms with E-state index in [9.17, 15) is 0 Å². The first kappa shape index (κ1) is 14.0. The molecule has 0 amide bonds. The smallest absolute Gasteiger partial charge is 0.231 e. The zero-order valence-corrected chi connectivity index (χ0v) is 12.5. The summed E-state index contributed by atoms with van der Waals surface area (Å²) < 4.78 is 0. The van der Waals surface area contributed by atoms with Gasteiger partial charge in [-0.15, -0.1) is 11.3 Å². The lowest BCUT2D eigenvalue weighted by Gasteiger charge is -2.17. The van der Waals surface area contributed by atoms with Crippen LogP contribution in [0.5, 0.6) is 0 Å². The highest BCUT2D eigenvalue weighted by Crippen LogP contribution is 2.14. The highest BCUT2D eigenvalue weighted by atomic mass is 35.5. The largest absolute Gasteiger partial charge is 0.354 e. The first-order valence-electron chi connectivity index (χ1n) is 6.08. The third kappa shape index (κ3) is 4.04. The van der Waals surface area contributed by atoms with Crippen LogP contribution in [0, 0.1) is 0 Å². The number of nitrogens with zero attached hydrogens (tertiary/aromatic N) is 4. The molecule has 7 heteroatoms. The Labute approximate surface area is 121 Å². The summed E-state index contributed by atoms with van der Waals surface area (Å²) in [4.78, 5) is 15.8. The summed E-state index contributed by atoms with van der Waals surface area (Å²) in [5.74, 6) is 1.10. The van der Waals surface area contributed by atoms with Crippen molar-refractivity contribution in [2.75, 3.05) is 30.4 Å². The van der Waals surface area contributed by atoms with Crippen LogP contribution in [0.3, 0.4) is 0 Å². The van der Waals surface area contributed by atoms with Crippen molar-refractivity contribution in [1.82, 2.24) is 15.0 Å². The van der Waals surface area contributed by atoms with E-state index in [1.807, 2.05) is 18.9 Å². The Kier molecular flexibility index (Phi) is 4.93. The molecule has 1 N–H and O–H groups in total. The number of halogens is 1. The molecule has 2 aromatic heterocycles. The van der Waals surface area contributed by atoms with Crippen molar-refractivity contribution >= 4 is 34.8 Å². The van der Waals surface area contributed by atoms with E-state index in [2.05, 4.69) is 37.8 Å². The maximum absolute atomic E-state index is 5.90. The fourth-order valence-corrected chi connectivity index (χ4v) is 2.43. The number of hydrogen-bond donors (Lipinski definition) is 1. The second-order valence-electron chi connectivity index (χ2n) is 4.01. The summed E-state index contributed by atoms with van der Waals surface area (Å²) in [5.41, 5.74) is 0. The number of rotatable bonds is 6. The number of anilines is 2. The highest BCUT2D eigenvalue weighted by Gasteiger charge is 2.09. The molecule has 0 radical (unpaired) electrons. The van der Waals surface area contributed by atoms with Crippen LogP contribution in [0.4, 0.5) is 11.9 Å². The number of likely N-dealkylation sites (N-methyl/N-ethyl adjacent to an activating group) is 1. The molecule has 2 aromatic rings. The summed E-state index contributed by atoms with van der Waals surface area (Å²) >= 11 is 7.66. The topological polar surface area (TPSA) is 53.9 Å². The molecule has 5 nitrogen and oxygen atoms in total. The Morgan fingerprint density at radius 1 is 1.37 bits per heavy atom. The molecule has 0 aliphatic rings. The lowest BCUT2D eigenvalue weighted by atomic mass is 10.3. The average Bonchev–Trinajstić information content (AvgIpc) is 2.88. The van der Waals surface area contributed by atoms with Crippen LogP contribution in [0.15, 0.2) is 17.5 Å². The first-order valence-corrected chi connectivity index (χ1v) is 7.33. The van der Waals surface area contributed by atoms with Gasteiger partial charge in [0.2, 0.25) is 17.2 Å². The van der Waals surface area contributed by atoms with Gasteiger partial charge in [0.15, 0.2) is 0 Å². The third-order valence-electron chi connectivity index (χ3n) is 2.55. The molecule has 2 heterocycles. The van der Waals surface area contributed by atoms with Gasteiger partial charge >= 0.3 is 0 Å². The summed E-state index contributed by atoms with van der Waals surface area (Å²) in [7, 11) is 1.95. The van der Waals surface area contributed by atoms with Crippen molar-refractivity contribution in [3.63, 3.8) is 0 Å². The molecular formula is C12H16ClN5S. The van der Waals surface area contributed by atoms with Crippen molar-refractivity contribution in [2.24, 2.45) is 0 Å². The van der Waals surface area contributed by atoms with Crippen LogP contribution >= 0.6 is 22.9 Å². The molecule has 102 valence electrons. The molecule has 0 fully saturated rings. The van der Waals surface area contributed by atoms with Gasteiger partial charge in [0.25, 0.3) is 0 Å². The van der Waals surface area contributed by atoms with E-state index in [-0.39, 0.29) is 5.28 Å². The minimum absolute atomic E-state index is 0.212. The number of aromatic nitrogens is 3. The van der Waals surface area contributed by atoms with Crippen molar-refractivity contribution in [3.8, 4) is 0 Å². The molecule has 0 spiro atoms. The first-order chi connectivity index (χ1) is 9.19. The number of thiophene rings is 1. The van der Waals surface area contributed by atoms with Gasteiger partial charge in [-0.3, -0.25) is 0 Å². The molecule has 0 saturated heterocycles. The molecule has 0 atom stereocenters. The summed E-state index contributed by atoms with van der Waals surface area (Å²) in [6, 6.07) is 4.19. The highest BCUT2D eigenvalue weighted by molar-refractivity contribution is 7.09. The van der Waals surface area contributed by atoms with Crippen molar-refractivity contribution in [1.29, 1.82) is 0 Å². The van der Waals surface area contributed by atoms with E-state index in [0.29, 0.717) is 11.9 Å². The maximum atomic E-state index is 5.90. The predicted molar refractivity (Wildman–Crippen MR) is 80.3 cm³/mol. The van der Waals surface area contributed by atoms with Gasteiger partial charge in [-0.2, -0.15) is 15.0 Å². The van der Waals surface area contributed by atoms with Crippen molar-refractivity contribution in [2.45, 2.75) is 13.3 Å². The minimum atomic E-state index is 0.212. The molecule has 0 aliphatic carbocycles. The Bertz CT molecular complexity index is 517. The van der Waals surface area contributed by atoms with Crippen molar-refractivity contribution in [3.05, 3.63) is 27.7 Å². The van der Waals surface area contributed by atoms with Gasteiger partial charge < -0.3 is 10.2 Å². The van der Waals surface area contributed by atoms with Gasteiger partial charge in [-0.1, -0.05) is 6.07 Å². The summed E-state index contributed by atoms with van der Waals surface area (Å²) in [5, 5.41) is 5.34. The van der Waals surface area contributed by atoms with E-state index in [1.54, 1.807) is 11.3 Å². The second-order valence-corrected chi connectivity index (χ2v) is 5.38. The molecule has 0 aromatic carbocycles. The van der Waals surface area contributed by atoms with E-state index in [1.165, 1.54) is 4.88 Å².